The van der Waals surface area contributed by atoms with Crippen molar-refractivity contribution in [1.29, 1.82) is 0 Å². The van der Waals surface area contributed by atoms with Crippen molar-refractivity contribution in [3.05, 3.63) is 0 Å². The summed E-state index contributed by atoms with van der Waals surface area (Å²) in [6.07, 6.45) is 8.75. The van der Waals surface area contributed by atoms with Gasteiger partial charge in [0.05, 0.1) is 0 Å². The molecule has 0 amide bonds. The fraction of sp³-hybridized carbons (Fsp3) is 1.00. The lowest BCUT2D eigenvalue weighted by molar-refractivity contribution is 0.409. The first-order valence-electron chi connectivity index (χ1n) is 5.44. The zero-order valence-electron chi connectivity index (χ0n) is 8.51. The third-order valence-corrected chi connectivity index (χ3v) is 4.04. The molecule has 1 heterocycles. The quantitative estimate of drug-likeness (QED) is 0.596. The predicted octanol–water partition coefficient (Wildman–Crippen LogP) is 4.10. The van der Waals surface area contributed by atoms with Crippen molar-refractivity contribution in [2.75, 3.05) is 5.75 Å². The van der Waals surface area contributed by atoms with Gasteiger partial charge in [-0.15, -0.1) is 0 Å². The van der Waals surface area contributed by atoms with Gasteiger partial charge in [0.25, 0.3) is 0 Å². The number of rotatable bonds is 4. The molecule has 0 aliphatic carbocycles. The number of unbranched alkanes of at least 4 members (excludes halogenated alkanes) is 2. The summed E-state index contributed by atoms with van der Waals surface area (Å²) in [7, 11) is 0. The molecule has 1 aliphatic rings. The van der Waals surface area contributed by atoms with Crippen LogP contribution in [0.5, 0.6) is 0 Å². The first-order chi connectivity index (χ1) is 5.83. The van der Waals surface area contributed by atoms with Crippen molar-refractivity contribution in [2.24, 2.45) is 5.92 Å². The summed E-state index contributed by atoms with van der Waals surface area (Å²) in [5.74, 6) is 2.48. The molecule has 0 saturated carbocycles. The maximum atomic E-state index is 2.39. The average Bonchev–Trinajstić information content (AvgIpc) is 2.05. The van der Waals surface area contributed by atoms with Crippen LogP contribution in [0.4, 0.5) is 0 Å². The van der Waals surface area contributed by atoms with Gasteiger partial charge in [-0.3, -0.25) is 0 Å². The van der Waals surface area contributed by atoms with E-state index in [1.165, 1.54) is 44.3 Å². The molecule has 72 valence electrons. The second kappa shape index (κ2) is 5.90. The molecular weight excluding hydrogens is 164 g/mol. The number of thioether (sulfide) groups is 1. The summed E-state index contributed by atoms with van der Waals surface area (Å²) in [6, 6.07) is 0. The lowest BCUT2D eigenvalue weighted by Gasteiger charge is -2.26. The Bertz CT molecular complexity index is 112. The van der Waals surface area contributed by atoms with E-state index in [0.29, 0.717) is 0 Å². The van der Waals surface area contributed by atoms with Crippen molar-refractivity contribution in [1.82, 2.24) is 0 Å². The summed E-state index contributed by atoms with van der Waals surface area (Å²) < 4.78 is 0. The third kappa shape index (κ3) is 3.84. The maximum Gasteiger partial charge on any atom is 0.00213 e. The Morgan fingerprint density at radius 3 is 2.83 bits per heavy atom. The van der Waals surface area contributed by atoms with Gasteiger partial charge in [-0.2, -0.15) is 11.8 Å². The zero-order valence-corrected chi connectivity index (χ0v) is 9.33. The Hall–Kier alpha value is 0.350. The first-order valence-corrected chi connectivity index (χ1v) is 6.49. The van der Waals surface area contributed by atoms with Gasteiger partial charge in [-0.1, -0.05) is 39.5 Å². The van der Waals surface area contributed by atoms with Crippen molar-refractivity contribution in [3.8, 4) is 0 Å². The van der Waals surface area contributed by atoms with Crippen LogP contribution in [0.25, 0.3) is 0 Å². The van der Waals surface area contributed by atoms with E-state index < -0.39 is 0 Å². The molecule has 1 heteroatoms. The van der Waals surface area contributed by atoms with Crippen LogP contribution >= 0.6 is 11.8 Å². The summed E-state index contributed by atoms with van der Waals surface area (Å²) in [5, 5.41) is 0.936. The number of hydrogen-bond donors (Lipinski definition) is 0. The van der Waals surface area contributed by atoms with Crippen molar-refractivity contribution in [2.45, 2.75) is 57.6 Å². The van der Waals surface area contributed by atoms with Crippen LogP contribution in [0.2, 0.25) is 0 Å². The van der Waals surface area contributed by atoms with E-state index in [0.717, 1.165) is 11.2 Å². The molecule has 1 aliphatic heterocycles. The molecule has 0 radical (unpaired) electrons. The van der Waals surface area contributed by atoms with Gasteiger partial charge in [-0.05, 0) is 24.5 Å². The van der Waals surface area contributed by atoms with Crippen molar-refractivity contribution >= 4 is 11.8 Å². The topological polar surface area (TPSA) is 0 Å². The SMILES string of the molecule is CCCCCC1CCSC(C)C1. The van der Waals surface area contributed by atoms with Crippen molar-refractivity contribution < 1.29 is 0 Å². The minimum atomic E-state index is 0.936. The van der Waals surface area contributed by atoms with E-state index in [1.54, 1.807) is 0 Å². The normalized spacial score (nSPS) is 30.5. The molecule has 0 aromatic carbocycles. The minimum absolute atomic E-state index is 0.936. The van der Waals surface area contributed by atoms with E-state index in [4.69, 9.17) is 0 Å². The molecule has 0 aromatic heterocycles. The largest absolute Gasteiger partial charge is 0.159 e. The molecule has 0 spiro atoms. The Balaban J connectivity index is 2.06. The molecule has 2 atom stereocenters. The maximum absolute atomic E-state index is 2.39. The molecule has 1 fully saturated rings. The Morgan fingerprint density at radius 1 is 1.33 bits per heavy atom. The Labute approximate surface area is 81.5 Å². The molecule has 12 heavy (non-hydrogen) atoms. The fourth-order valence-electron chi connectivity index (χ4n) is 2.04. The van der Waals surface area contributed by atoms with Crippen LogP contribution in [0.1, 0.15) is 52.4 Å². The summed E-state index contributed by atoms with van der Waals surface area (Å²) in [5.41, 5.74) is 0. The van der Waals surface area contributed by atoms with Crippen LogP contribution in [0.3, 0.4) is 0 Å². The lowest BCUT2D eigenvalue weighted by atomic mass is 9.93. The molecule has 1 rings (SSSR count). The zero-order chi connectivity index (χ0) is 8.81. The summed E-state index contributed by atoms with van der Waals surface area (Å²) in [6.45, 7) is 4.68. The summed E-state index contributed by atoms with van der Waals surface area (Å²) in [4.78, 5) is 0. The van der Waals surface area contributed by atoms with Gasteiger partial charge in [0.1, 0.15) is 0 Å². The smallest absolute Gasteiger partial charge is 0.00213 e. The van der Waals surface area contributed by atoms with E-state index in [-0.39, 0.29) is 0 Å². The molecule has 0 N–H and O–H groups in total. The van der Waals surface area contributed by atoms with Gasteiger partial charge in [-0.25, -0.2) is 0 Å². The standard InChI is InChI=1S/C11H22S/c1-3-4-5-6-11-7-8-12-10(2)9-11/h10-11H,3-9H2,1-2H3. The predicted molar refractivity (Wildman–Crippen MR) is 58.8 cm³/mol. The lowest BCUT2D eigenvalue weighted by Crippen LogP contribution is -2.15. The average molecular weight is 186 g/mol. The van der Waals surface area contributed by atoms with Gasteiger partial charge in [0, 0.05) is 5.25 Å². The molecule has 0 aromatic rings. The van der Waals surface area contributed by atoms with Crippen LogP contribution < -0.4 is 0 Å². The highest BCUT2D eigenvalue weighted by molar-refractivity contribution is 7.99. The second-order valence-corrected chi connectivity index (χ2v) is 5.61. The van der Waals surface area contributed by atoms with E-state index >= 15 is 0 Å². The Morgan fingerprint density at radius 2 is 2.17 bits per heavy atom. The van der Waals surface area contributed by atoms with Crippen LogP contribution in [0.15, 0.2) is 0 Å². The fourth-order valence-corrected chi connectivity index (χ4v) is 3.32. The molecular formula is C11H22S. The molecule has 0 bridgehead atoms. The van der Waals surface area contributed by atoms with Crippen LogP contribution in [-0.4, -0.2) is 11.0 Å². The molecule has 2 unspecified atom stereocenters. The monoisotopic (exact) mass is 186 g/mol. The van der Waals surface area contributed by atoms with Crippen LogP contribution in [-0.2, 0) is 0 Å². The highest BCUT2D eigenvalue weighted by atomic mass is 32.2. The highest BCUT2D eigenvalue weighted by Gasteiger charge is 2.18. The number of hydrogen-bond acceptors (Lipinski definition) is 1. The van der Waals surface area contributed by atoms with E-state index in [1.807, 2.05) is 0 Å². The van der Waals surface area contributed by atoms with E-state index in [9.17, 15) is 0 Å². The van der Waals surface area contributed by atoms with Gasteiger partial charge in [0.15, 0.2) is 0 Å². The van der Waals surface area contributed by atoms with Gasteiger partial charge >= 0.3 is 0 Å². The molecule has 1 saturated heterocycles. The third-order valence-electron chi connectivity index (χ3n) is 2.81. The Kier molecular flexibility index (Phi) is 5.13. The highest BCUT2D eigenvalue weighted by Crippen LogP contribution is 2.32. The van der Waals surface area contributed by atoms with E-state index in [2.05, 4.69) is 25.6 Å². The van der Waals surface area contributed by atoms with Crippen molar-refractivity contribution in [3.63, 3.8) is 0 Å². The first kappa shape index (κ1) is 10.4. The summed E-state index contributed by atoms with van der Waals surface area (Å²) >= 11 is 2.16. The van der Waals surface area contributed by atoms with Gasteiger partial charge in [0.2, 0.25) is 0 Å². The van der Waals surface area contributed by atoms with Crippen LogP contribution in [0, 0.1) is 5.92 Å². The second-order valence-electron chi connectivity index (χ2n) is 4.07. The van der Waals surface area contributed by atoms with Gasteiger partial charge < -0.3 is 0 Å². The molecule has 0 nitrogen and oxygen atoms in total. The minimum Gasteiger partial charge on any atom is -0.159 e.